The Kier molecular flexibility index (Phi) is 3.32. The van der Waals surface area contributed by atoms with Crippen molar-refractivity contribution in [3.05, 3.63) is 22.7 Å². The number of carbonyl (C=O) groups excluding carboxylic acids is 2. The zero-order valence-corrected chi connectivity index (χ0v) is 8.00. The molecule has 0 N–H and O–H groups in total. The standard InChI is InChI=1S/C9H5ClN2O2/c1-6-2-3-7(11-4-13)8(10)9(6)12-5-14/h2-3H,1H3. The lowest BCUT2D eigenvalue weighted by Crippen LogP contribution is -1.77. The van der Waals surface area contributed by atoms with Gasteiger partial charge in [-0.1, -0.05) is 17.7 Å². The average Bonchev–Trinajstić information content (AvgIpc) is 2.17. The third kappa shape index (κ3) is 1.95. The van der Waals surface area contributed by atoms with Crippen LogP contribution in [0.15, 0.2) is 22.1 Å². The number of benzene rings is 1. The van der Waals surface area contributed by atoms with Gasteiger partial charge in [0.05, 0.1) is 16.4 Å². The molecule has 0 aliphatic heterocycles. The van der Waals surface area contributed by atoms with Gasteiger partial charge in [0.2, 0.25) is 12.2 Å². The molecular formula is C9H5ClN2O2. The molecule has 1 aromatic rings. The Morgan fingerprint density at radius 1 is 1.21 bits per heavy atom. The zero-order valence-electron chi connectivity index (χ0n) is 7.24. The van der Waals surface area contributed by atoms with Crippen LogP contribution in [0.4, 0.5) is 11.4 Å². The molecule has 0 atom stereocenters. The molecule has 0 saturated heterocycles. The minimum Gasteiger partial charge on any atom is -0.211 e. The van der Waals surface area contributed by atoms with Crippen LogP contribution >= 0.6 is 11.6 Å². The SMILES string of the molecule is Cc1ccc(N=C=O)c(Cl)c1N=C=O. The van der Waals surface area contributed by atoms with Gasteiger partial charge in [0.25, 0.3) is 0 Å². The second kappa shape index (κ2) is 4.49. The molecule has 70 valence electrons. The molecule has 1 rings (SSSR count). The molecule has 0 fully saturated rings. The summed E-state index contributed by atoms with van der Waals surface area (Å²) in [6, 6.07) is 3.20. The number of isocyanates is 2. The fraction of sp³-hybridized carbons (Fsp3) is 0.111. The molecular weight excluding hydrogens is 204 g/mol. The molecule has 0 aliphatic rings. The van der Waals surface area contributed by atoms with Crippen LogP contribution in [0, 0.1) is 6.92 Å². The van der Waals surface area contributed by atoms with Gasteiger partial charge >= 0.3 is 0 Å². The van der Waals surface area contributed by atoms with Gasteiger partial charge in [0.15, 0.2) is 0 Å². The highest BCUT2D eigenvalue weighted by Crippen LogP contribution is 2.36. The minimum atomic E-state index is 0.150. The topological polar surface area (TPSA) is 58.9 Å². The second-order valence-corrected chi connectivity index (χ2v) is 2.85. The molecule has 0 aromatic heterocycles. The lowest BCUT2D eigenvalue weighted by molar-refractivity contribution is 0.565. The number of halogens is 1. The lowest BCUT2D eigenvalue weighted by atomic mass is 10.2. The lowest BCUT2D eigenvalue weighted by Gasteiger charge is -2.02. The molecule has 0 spiro atoms. The summed E-state index contributed by atoms with van der Waals surface area (Å²) in [4.78, 5) is 26.9. The van der Waals surface area contributed by atoms with Crippen LogP contribution in [0.1, 0.15) is 5.56 Å². The molecule has 14 heavy (non-hydrogen) atoms. The van der Waals surface area contributed by atoms with E-state index in [0.717, 1.165) is 0 Å². The van der Waals surface area contributed by atoms with Gasteiger partial charge in [-0.2, -0.15) is 9.98 Å². The molecule has 0 heterocycles. The molecule has 4 nitrogen and oxygen atoms in total. The van der Waals surface area contributed by atoms with Crippen LogP contribution in [0.25, 0.3) is 0 Å². The fourth-order valence-electron chi connectivity index (χ4n) is 0.969. The Bertz CT molecular complexity index is 458. The van der Waals surface area contributed by atoms with E-state index in [0.29, 0.717) is 5.56 Å². The first-order valence-electron chi connectivity index (χ1n) is 3.65. The first kappa shape index (κ1) is 10.4. The Hall–Kier alpha value is -1.73. The van der Waals surface area contributed by atoms with Crippen molar-refractivity contribution in [3.8, 4) is 0 Å². The third-order valence-corrected chi connectivity index (χ3v) is 1.99. The Balaban J connectivity index is 3.47. The number of nitrogens with zero attached hydrogens (tertiary/aromatic N) is 2. The maximum atomic E-state index is 10.1. The third-order valence-electron chi connectivity index (χ3n) is 1.62. The van der Waals surface area contributed by atoms with Gasteiger partial charge in [-0.05, 0) is 18.6 Å². The number of aryl methyl sites for hydroxylation is 1. The van der Waals surface area contributed by atoms with E-state index in [4.69, 9.17) is 11.6 Å². The van der Waals surface area contributed by atoms with Gasteiger partial charge < -0.3 is 0 Å². The number of hydrogen-bond acceptors (Lipinski definition) is 4. The maximum absolute atomic E-state index is 10.1. The van der Waals surface area contributed by atoms with Crippen molar-refractivity contribution in [1.29, 1.82) is 0 Å². The fourth-order valence-corrected chi connectivity index (χ4v) is 1.27. The van der Waals surface area contributed by atoms with Crippen molar-refractivity contribution < 1.29 is 9.59 Å². The number of hydrogen-bond donors (Lipinski definition) is 0. The summed E-state index contributed by atoms with van der Waals surface area (Å²) in [6.45, 7) is 1.73. The van der Waals surface area contributed by atoms with Gasteiger partial charge in [-0.15, -0.1) is 0 Å². The summed E-state index contributed by atoms with van der Waals surface area (Å²) in [5.41, 5.74) is 1.22. The van der Waals surface area contributed by atoms with Crippen molar-refractivity contribution in [2.45, 2.75) is 6.92 Å². The van der Waals surface area contributed by atoms with E-state index in [-0.39, 0.29) is 16.4 Å². The van der Waals surface area contributed by atoms with E-state index < -0.39 is 0 Å². The molecule has 0 aliphatic carbocycles. The van der Waals surface area contributed by atoms with Crippen molar-refractivity contribution >= 4 is 35.1 Å². The predicted molar refractivity (Wildman–Crippen MR) is 51.8 cm³/mol. The molecule has 0 unspecified atom stereocenters. The van der Waals surface area contributed by atoms with E-state index in [1.54, 1.807) is 19.1 Å². The zero-order chi connectivity index (χ0) is 10.6. The van der Waals surface area contributed by atoms with Gasteiger partial charge in [0.1, 0.15) is 0 Å². The quantitative estimate of drug-likeness (QED) is 0.554. The summed E-state index contributed by atoms with van der Waals surface area (Å²) in [5, 5.41) is 0.150. The smallest absolute Gasteiger partial charge is 0.211 e. The Morgan fingerprint density at radius 2 is 1.86 bits per heavy atom. The van der Waals surface area contributed by atoms with E-state index in [9.17, 15) is 9.59 Å². The summed E-state index contributed by atoms with van der Waals surface area (Å²) in [6.07, 6.45) is 2.75. The molecule has 1 aromatic carbocycles. The van der Waals surface area contributed by atoms with Crippen molar-refractivity contribution in [1.82, 2.24) is 0 Å². The molecule has 5 heteroatoms. The van der Waals surface area contributed by atoms with E-state index >= 15 is 0 Å². The van der Waals surface area contributed by atoms with Gasteiger partial charge in [0, 0.05) is 0 Å². The minimum absolute atomic E-state index is 0.150. The van der Waals surface area contributed by atoms with Crippen LogP contribution in [-0.4, -0.2) is 12.2 Å². The predicted octanol–water partition coefficient (Wildman–Crippen LogP) is 2.58. The average molecular weight is 209 g/mol. The molecule has 0 bridgehead atoms. The molecule has 0 saturated carbocycles. The number of rotatable bonds is 2. The van der Waals surface area contributed by atoms with E-state index in [2.05, 4.69) is 9.98 Å². The van der Waals surface area contributed by atoms with E-state index in [1.165, 1.54) is 12.2 Å². The van der Waals surface area contributed by atoms with Crippen LogP contribution < -0.4 is 0 Å². The summed E-state index contributed by atoms with van der Waals surface area (Å²) < 4.78 is 0. The summed E-state index contributed by atoms with van der Waals surface area (Å²) in [7, 11) is 0. The van der Waals surface area contributed by atoms with Crippen LogP contribution in [0.3, 0.4) is 0 Å². The van der Waals surface area contributed by atoms with Crippen LogP contribution in [0.2, 0.25) is 5.02 Å². The second-order valence-electron chi connectivity index (χ2n) is 2.47. The van der Waals surface area contributed by atoms with Gasteiger partial charge in [-0.25, -0.2) is 9.59 Å². The molecule has 0 radical (unpaired) electrons. The molecule has 0 amide bonds. The van der Waals surface area contributed by atoms with Gasteiger partial charge in [-0.3, -0.25) is 0 Å². The number of aliphatic imine (C=N–C) groups is 2. The summed E-state index contributed by atoms with van der Waals surface area (Å²) in [5.74, 6) is 0. The van der Waals surface area contributed by atoms with Crippen molar-refractivity contribution in [2.75, 3.05) is 0 Å². The normalized spacial score (nSPS) is 8.71. The maximum Gasteiger partial charge on any atom is 0.240 e. The highest BCUT2D eigenvalue weighted by atomic mass is 35.5. The van der Waals surface area contributed by atoms with Crippen molar-refractivity contribution in [2.24, 2.45) is 9.98 Å². The Morgan fingerprint density at radius 3 is 2.43 bits per heavy atom. The highest BCUT2D eigenvalue weighted by Gasteiger charge is 2.07. The summed E-state index contributed by atoms with van der Waals surface area (Å²) >= 11 is 5.83. The first-order chi connectivity index (χ1) is 6.70. The van der Waals surface area contributed by atoms with E-state index in [1.807, 2.05) is 0 Å². The van der Waals surface area contributed by atoms with Crippen molar-refractivity contribution in [3.63, 3.8) is 0 Å². The van der Waals surface area contributed by atoms with Crippen LogP contribution in [-0.2, 0) is 9.59 Å². The first-order valence-corrected chi connectivity index (χ1v) is 4.03. The largest absolute Gasteiger partial charge is 0.240 e. The highest BCUT2D eigenvalue weighted by molar-refractivity contribution is 6.35. The Labute approximate surface area is 84.9 Å². The van der Waals surface area contributed by atoms with Crippen LogP contribution in [0.5, 0.6) is 0 Å². The monoisotopic (exact) mass is 208 g/mol.